The Kier molecular flexibility index (Phi) is 9.24. The Hall–Kier alpha value is -3.16. The minimum Gasteiger partial charge on any atom is -0.493 e. The summed E-state index contributed by atoms with van der Waals surface area (Å²) in [7, 11) is -2.10. The third-order valence-corrected chi connectivity index (χ3v) is 7.27. The number of nitrogens with one attached hydrogen (secondary N) is 1. The van der Waals surface area contributed by atoms with Gasteiger partial charge in [-0.3, -0.25) is 4.79 Å². The summed E-state index contributed by atoms with van der Waals surface area (Å²) in [5.74, 6) is 0.235. The zero-order valence-corrected chi connectivity index (χ0v) is 20.6. The van der Waals surface area contributed by atoms with Crippen LogP contribution in [0.25, 0.3) is 0 Å². The van der Waals surface area contributed by atoms with E-state index in [9.17, 15) is 13.2 Å². The van der Waals surface area contributed by atoms with Crippen molar-refractivity contribution in [2.75, 3.05) is 19.0 Å². The lowest BCUT2D eigenvalue weighted by Gasteiger charge is -2.17. The van der Waals surface area contributed by atoms with Crippen LogP contribution in [0.1, 0.15) is 48.5 Å². The second kappa shape index (κ2) is 12.3. The molecule has 0 heterocycles. The van der Waals surface area contributed by atoms with Crippen LogP contribution in [0.15, 0.2) is 83.8 Å². The lowest BCUT2D eigenvalue weighted by Crippen LogP contribution is -2.26. The van der Waals surface area contributed by atoms with Crippen LogP contribution in [0, 0.1) is 0 Å². The standard InChI is InChI=1S/C27H32N2O4S/c1-3-4-5-11-20-33-26-15-10-9-14-25(26)27(30)28-23-16-18-24(19-17-23)34(31,32)29(2)21-22-12-7-6-8-13-22/h6-10,12-19H,3-5,11,20-21H2,1-2H3,(H,28,30). The lowest BCUT2D eigenvalue weighted by molar-refractivity contribution is 0.102. The SMILES string of the molecule is CCCCCCOc1ccccc1C(=O)Nc1ccc(S(=O)(=O)N(C)Cc2ccccc2)cc1. The highest BCUT2D eigenvalue weighted by Crippen LogP contribution is 2.22. The Morgan fingerprint density at radius 3 is 2.26 bits per heavy atom. The van der Waals surface area contributed by atoms with Crippen LogP contribution in [0.5, 0.6) is 5.75 Å². The Morgan fingerprint density at radius 1 is 0.882 bits per heavy atom. The number of nitrogens with zero attached hydrogens (tertiary/aromatic N) is 1. The van der Waals surface area contributed by atoms with Gasteiger partial charge in [0.2, 0.25) is 10.0 Å². The van der Waals surface area contributed by atoms with Crippen LogP contribution in [-0.2, 0) is 16.6 Å². The molecular formula is C27H32N2O4S. The molecule has 1 N–H and O–H groups in total. The number of unbranched alkanes of at least 4 members (excludes halogenated alkanes) is 3. The maximum atomic E-state index is 12.9. The average Bonchev–Trinajstić information content (AvgIpc) is 2.85. The van der Waals surface area contributed by atoms with Gasteiger partial charge in [-0.2, -0.15) is 4.31 Å². The minimum absolute atomic E-state index is 0.166. The van der Waals surface area contributed by atoms with Gasteiger partial charge in [-0.1, -0.05) is 68.7 Å². The third-order valence-electron chi connectivity index (χ3n) is 5.46. The molecule has 0 aromatic heterocycles. The number of hydrogen-bond donors (Lipinski definition) is 1. The monoisotopic (exact) mass is 480 g/mol. The van der Waals surface area contributed by atoms with Gasteiger partial charge in [0.05, 0.1) is 17.1 Å². The molecule has 34 heavy (non-hydrogen) atoms. The summed E-state index contributed by atoms with van der Waals surface area (Å²) in [5.41, 5.74) is 1.86. The number of benzene rings is 3. The van der Waals surface area contributed by atoms with E-state index < -0.39 is 10.0 Å². The quantitative estimate of drug-likeness (QED) is 0.337. The molecule has 0 aliphatic heterocycles. The molecule has 0 spiro atoms. The van der Waals surface area contributed by atoms with E-state index in [0.29, 0.717) is 23.6 Å². The maximum absolute atomic E-state index is 12.9. The molecular weight excluding hydrogens is 448 g/mol. The zero-order valence-electron chi connectivity index (χ0n) is 19.7. The summed E-state index contributed by atoms with van der Waals surface area (Å²) >= 11 is 0. The van der Waals surface area contributed by atoms with Gasteiger partial charge in [0.25, 0.3) is 5.91 Å². The van der Waals surface area contributed by atoms with Crippen molar-refractivity contribution in [2.45, 2.75) is 44.0 Å². The minimum atomic E-state index is -3.66. The normalized spacial score (nSPS) is 11.4. The number of rotatable bonds is 12. The molecule has 7 heteroatoms. The Labute approximate surface area is 202 Å². The fourth-order valence-corrected chi connectivity index (χ4v) is 4.66. The fraction of sp³-hybridized carbons (Fsp3) is 0.296. The van der Waals surface area contributed by atoms with Crippen LogP contribution < -0.4 is 10.1 Å². The van der Waals surface area contributed by atoms with E-state index in [-0.39, 0.29) is 17.3 Å². The number of hydrogen-bond acceptors (Lipinski definition) is 4. The van der Waals surface area contributed by atoms with Crippen LogP contribution in [-0.4, -0.2) is 32.3 Å². The predicted molar refractivity (Wildman–Crippen MR) is 136 cm³/mol. The van der Waals surface area contributed by atoms with Gasteiger partial charge in [0, 0.05) is 19.3 Å². The number of ether oxygens (including phenoxy) is 1. The van der Waals surface area contributed by atoms with Crippen LogP contribution >= 0.6 is 0 Å². The van der Waals surface area contributed by atoms with E-state index in [1.807, 2.05) is 36.4 Å². The summed E-state index contributed by atoms with van der Waals surface area (Å²) in [4.78, 5) is 13.0. The van der Waals surface area contributed by atoms with Crippen LogP contribution in [0.3, 0.4) is 0 Å². The van der Waals surface area contributed by atoms with E-state index in [1.165, 1.54) is 22.9 Å². The van der Waals surface area contributed by atoms with Crippen molar-refractivity contribution < 1.29 is 17.9 Å². The van der Waals surface area contributed by atoms with E-state index >= 15 is 0 Å². The molecule has 6 nitrogen and oxygen atoms in total. The first-order valence-corrected chi connectivity index (χ1v) is 13.0. The molecule has 180 valence electrons. The molecule has 0 atom stereocenters. The first kappa shape index (κ1) is 25.5. The van der Waals surface area contributed by atoms with Crippen molar-refractivity contribution in [3.05, 3.63) is 90.0 Å². The number of sulfonamides is 1. The summed E-state index contributed by atoms with van der Waals surface area (Å²) in [6, 6.07) is 22.7. The molecule has 0 bridgehead atoms. The third kappa shape index (κ3) is 6.92. The Bertz CT molecular complexity index is 1160. The number of anilines is 1. The van der Waals surface area contributed by atoms with E-state index in [4.69, 9.17) is 4.74 Å². The molecule has 0 aliphatic rings. The summed E-state index contributed by atoms with van der Waals surface area (Å²) in [6.07, 6.45) is 4.36. The Balaban J connectivity index is 1.64. The van der Waals surface area contributed by atoms with Crippen molar-refractivity contribution in [3.63, 3.8) is 0 Å². The first-order chi connectivity index (χ1) is 16.4. The second-order valence-electron chi connectivity index (χ2n) is 8.13. The molecule has 0 saturated carbocycles. The van der Waals surface area contributed by atoms with Gasteiger partial charge in [0.15, 0.2) is 0 Å². The zero-order chi connectivity index (χ0) is 24.4. The molecule has 0 saturated heterocycles. The largest absolute Gasteiger partial charge is 0.493 e. The average molecular weight is 481 g/mol. The van der Waals surface area contributed by atoms with Gasteiger partial charge in [0.1, 0.15) is 5.75 Å². The van der Waals surface area contributed by atoms with E-state index in [1.54, 1.807) is 37.4 Å². The van der Waals surface area contributed by atoms with Crippen LogP contribution in [0.4, 0.5) is 5.69 Å². The van der Waals surface area contributed by atoms with Gasteiger partial charge in [-0.15, -0.1) is 0 Å². The number of amides is 1. The predicted octanol–water partition coefficient (Wildman–Crippen LogP) is 5.72. The van der Waals surface area contributed by atoms with Gasteiger partial charge in [-0.25, -0.2) is 8.42 Å². The highest BCUT2D eigenvalue weighted by Gasteiger charge is 2.21. The molecule has 0 unspecified atom stereocenters. The van der Waals surface area contributed by atoms with Gasteiger partial charge >= 0.3 is 0 Å². The van der Waals surface area contributed by atoms with E-state index in [2.05, 4.69) is 12.2 Å². The topological polar surface area (TPSA) is 75.7 Å². The summed E-state index contributed by atoms with van der Waals surface area (Å²) in [6.45, 7) is 3.00. The molecule has 0 fully saturated rings. The number of carbonyl (C=O) groups excluding carboxylic acids is 1. The number of carbonyl (C=O) groups is 1. The molecule has 3 aromatic carbocycles. The maximum Gasteiger partial charge on any atom is 0.259 e. The second-order valence-corrected chi connectivity index (χ2v) is 10.2. The smallest absolute Gasteiger partial charge is 0.259 e. The molecule has 0 aliphatic carbocycles. The van der Waals surface area contributed by atoms with Crippen LogP contribution in [0.2, 0.25) is 0 Å². The summed E-state index contributed by atoms with van der Waals surface area (Å²) in [5, 5.41) is 2.83. The molecule has 0 radical (unpaired) electrons. The van der Waals surface area contributed by atoms with Gasteiger partial charge < -0.3 is 10.1 Å². The van der Waals surface area contributed by atoms with E-state index in [0.717, 1.165) is 24.8 Å². The summed E-state index contributed by atoms with van der Waals surface area (Å²) < 4.78 is 33.0. The first-order valence-electron chi connectivity index (χ1n) is 11.6. The Morgan fingerprint density at radius 2 is 1.56 bits per heavy atom. The van der Waals surface area contributed by atoms with Crippen molar-refractivity contribution in [3.8, 4) is 5.75 Å². The fourth-order valence-electron chi connectivity index (χ4n) is 3.51. The highest BCUT2D eigenvalue weighted by molar-refractivity contribution is 7.89. The van der Waals surface area contributed by atoms with Crippen molar-refractivity contribution in [1.82, 2.24) is 4.31 Å². The van der Waals surface area contributed by atoms with Gasteiger partial charge in [-0.05, 0) is 48.4 Å². The molecule has 3 aromatic rings. The van der Waals surface area contributed by atoms with Crippen molar-refractivity contribution in [1.29, 1.82) is 0 Å². The van der Waals surface area contributed by atoms with Crippen molar-refractivity contribution in [2.24, 2.45) is 0 Å². The number of para-hydroxylation sites is 1. The highest BCUT2D eigenvalue weighted by atomic mass is 32.2. The molecule has 3 rings (SSSR count). The lowest BCUT2D eigenvalue weighted by atomic mass is 10.1. The molecule has 1 amide bonds. The van der Waals surface area contributed by atoms with Crippen molar-refractivity contribution >= 4 is 21.6 Å².